The summed E-state index contributed by atoms with van der Waals surface area (Å²) in [5.41, 5.74) is 10.3. The second kappa shape index (κ2) is 6.68. The van der Waals surface area contributed by atoms with E-state index in [1.807, 2.05) is 51.0 Å². The Morgan fingerprint density at radius 2 is 1.88 bits per heavy atom. The molecule has 7 heteroatoms. The van der Waals surface area contributed by atoms with Crippen LogP contribution in [0.2, 0.25) is 0 Å². The molecule has 0 bridgehead atoms. The lowest BCUT2D eigenvalue weighted by Crippen LogP contribution is -2.13. The molecular formula is C18H21N5OS. The van der Waals surface area contributed by atoms with Crippen molar-refractivity contribution in [2.45, 2.75) is 13.8 Å². The molecule has 6 nitrogen and oxygen atoms in total. The number of nitrogen functional groups attached to an aromatic ring is 1. The Kier molecular flexibility index (Phi) is 4.59. The molecule has 3 aromatic rings. The minimum Gasteiger partial charge on any atom is -0.495 e. The molecule has 0 unspecified atom stereocenters. The maximum Gasteiger partial charge on any atom is 0.164 e. The molecule has 0 spiro atoms. The predicted octanol–water partition coefficient (Wildman–Crippen LogP) is 3.54. The zero-order chi connectivity index (χ0) is 18.1. The smallest absolute Gasteiger partial charge is 0.164 e. The summed E-state index contributed by atoms with van der Waals surface area (Å²) in [6.07, 6.45) is 1.75. The number of nitrogens with zero attached hydrogens (tertiary/aromatic N) is 4. The highest BCUT2D eigenvalue weighted by atomic mass is 32.1. The summed E-state index contributed by atoms with van der Waals surface area (Å²) in [6, 6.07) is 5.57. The van der Waals surface area contributed by atoms with Crippen LogP contribution in [0, 0.1) is 13.8 Å². The van der Waals surface area contributed by atoms with Crippen LogP contribution in [0.1, 0.15) is 10.7 Å². The van der Waals surface area contributed by atoms with Gasteiger partial charge in [0.05, 0.1) is 39.6 Å². The second-order valence-electron chi connectivity index (χ2n) is 5.89. The van der Waals surface area contributed by atoms with Gasteiger partial charge >= 0.3 is 0 Å². The van der Waals surface area contributed by atoms with Gasteiger partial charge in [0, 0.05) is 26.0 Å². The Hall–Kier alpha value is -2.67. The van der Waals surface area contributed by atoms with E-state index in [0.29, 0.717) is 11.5 Å². The zero-order valence-corrected chi connectivity index (χ0v) is 15.8. The standard InChI is InChI=1S/C18H21N5OS/c1-10-17(25-11(2)21-10)13-8-9-20-18(22-13)15-12(19)6-7-14(24-5)16(15)23(3)4/h6-9H,19H2,1-5H3. The molecule has 0 atom stereocenters. The fourth-order valence-electron chi connectivity index (χ4n) is 2.81. The van der Waals surface area contributed by atoms with Crippen molar-refractivity contribution in [3.05, 3.63) is 35.1 Å². The van der Waals surface area contributed by atoms with Crippen LogP contribution in [-0.2, 0) is 0 Å². The second-order valence-corrected chi connectivity index (χ2v) is 7.09. The molecule has 0 amide bonds. The van der Waals surface area contributed by atoms with Gasteiger partial charge in [-0.05, 0) is 32.0 Å². The van der Waals surface area contributed by atoms with Crippen LogP contribution in [0.3, 0.4) is 0 Å². The maximum absolute atomic E-state index is 6.27. The fourth-order valence-corrected chi connectivity index (χ4v) is 3.70. The van der Waals surface area contributed by atoms with Gasteiger partial charge in [-0.15, -0.1) is 11.3 Å². The Morgan fingerprint density at radius 1 is 1.12 bits per heavy atom. The number of methoxy groups -OCH3 is 1. The SMILES string of the molecule is COc1ccc(N)c(-c2nccc(-c3sc(C)nc3C)n2)c1N(C)C. The molecule has 2 N–H and O–H groups in total. The van der Waals surface area contributed by atoms with Crippen LogP contribution < -0.4 is 15.4 Å². The third-order valence-corrected chi connectivity index (χ3v) is 4.95. The molecule has 0 radical (unpaired) electrons. The lowest BCUT2D eigenvalue weighted by Gasteiger charge is -2.21. The predicted molar refractivity (Wildman–Crippen MR) is 103 cm³/mol. The topological polar surface area (TPSA) is 77.2 Å². The quantitative estimate of drug-likeness (QED) is 0.721. The van der Waals surface area contributed by atoms with Gasteiger partial charge in [0.15, 0.2) is 5.82 Å². The van der Waals surface area contributed by atoms with Gasteiger partial charge in [0.1, 0.15) is 5.75 Å². The molecule has 0 aliphatic carbocycles. The highest BCUT2D eigenvalue weighted by Crippen LogP contribution is 2.41. The first kappa shape index (κ1) is 17.2. The van der Waals surface area contributed by atoms with E-state index in [4.69, 9.17) is 15.5 Å². The summed E-state index contributed by atoms with van der Waals surface area (Å²) in [5.74, 6) is 1.30. The minimum atomic E-state index is 0.572. The van der Waals surface area contributed by atoms with Crippen molar-refractivity contribution in [2.75, 3.05) is 31.8 Å². The number of ether oxygens (including phenoxy) is 1. The minimum absolute atomic E-state index is 0.572. The van der Waals surface area contributed by atoms with Crippen LogP contribution in [0.15, 0.2) is 24.4 Å². The summed E-state index contributed by atoms with van der Waals surface area (Å²) in [7, 11) is 5.53. The fraction of sp³-hybridized carbons (Fsp3) is 0.278. The van der Waals surface area contributed by atoms with Gasteiger partial charge in [0.2, 0.25) is 0 Å². The summed E-state index contributed by atoms with van der Waals surface area (Å²) in [6.45, 7) is 3.99. The van der Waals surface area contributed by atoms with E-state index in [0.717, 1.165) is 38.3 Å². The molecule has 0 saturated carbocycles. The summed E-state index contributed by atoms with van der Waals surface area (Å²) in [5, 5.41) is 1.02. The first-order valence-corrected chi connectivity index (χ1v) is 8.65. The summed E-state index contributed by atoms with van der Waals surface area (Å²) >= 11 is 1.63. The van der Waals surface area contributed by atoms with Crippen LogP contribution in [-0.4, -0.2) is 36.2 Å². The van der Waals surface area contributed by atoms with E-state index in [-0.39, 0.29) is 0 Å². The van der Waals surface area contributed by atoms with Gasteiger partial charge in [0.25, 0.3) is 0 Å². The number of anilines is 2. The number of aryl methyl sites for hydroxylation is 2. The molecule has 0 aliphatic rings. The van der Waals surface area contributed by atoms with Crippen LogP contribution in [0.5, 0.6) is 5.75 Å². The molecule has 2 aromatic heterocycles. The first-order valence-electron chi connectivity index (χ1n) is 7.84. The molecule has 25 heavy (non-hydrogen) atoms. The molecule has 0 aliphatic heterocycles. The number of benzene rings is 1. The van der Waals surface area contributed by atoms with Crippen molar-refractivity contribution in [1.82, 2.24) is 15.0 Å². The number of thiazole rings is 1. The normalized spacial score (nSPS) is 10.8. The van der Waals surface area contributed by atoms with Crippen molar-refractivity contribution < 1.29 is 4.74 Å². The Morgan fingerprint density at radius 3 is 2.48 bits per heavy atom. The number of rotatable bonds is 4. The average Bonchev–Trinajstić information content (AvgIpc) is 2.93. The molecule has 3 rings (SSSR count). The van der Waals surface area contributed by atoms with Crippen molar-refractivity contribution in [2.24, 2.45) is 0 Å². The molecule has 0 fully saturated rings. The number of hydrogen-bond acceptors (Lipinski definition) is 7. The maximum atomic E-state index is 6.27. The van der Waals surface area contributed by atoms with E-state index in [1.165, 1.54) is 0 Å². The average molecular weight is 355 g/mol. The highest BCUT2D eigenvalue weighted by Gasteiger charge is 2.19. The lowest BCUT2D eigenvalue weighted by atomic mass is 10.1. The van der Waals surface area contributed by atoms with Crippen LogP contribution >= 0.6 is 11.3 Å². The zero-order valence-electron chi connectivity index (χ0n) is 15.0. The highest BCUT2D eigenvalue weighted by molar-refractivity contribution is 7.15. The largest absolute Gasteiger partial charge is 0.495 e. The third-order valence-electron chi connectivity index (χ3n) is 3.86. The van der Waals surface area contributed by atoms with Gasteiger partial charge < -0.3 is 15.4 Å². The van der Waals surface area contributed by atoms with E-state index >= 15 is 0 Å². The van der Waals surface area contributed by atoms with Crippen LogP contribution in [0.4, 0.5) is 11.4 Å². The van der Waals surface area contributed by atoms with Crippen molar-refractivity contribution in [1.29, 1.82) is 0 Å². The molecular weight excluding hydrogens is 334 g/mol. The van der Waals surface area contributed by atoms with E-state index < -0.39 is 0 Å². The van der Waals surface area contributed by atoms with Gasteiger partial charge in [-0.1, -0.05) is 0 Å². The van der Waals surface area contributed by atoms with Crippen molar-refractivity contribution >= 4 is 22.7 Å². The Labute approximate surface area is 151 Å². The Balaban J connectivity index is 2.21. The van der Waals surface area contributed by atoms with E-state index in [1.54, 1.807) is 24.6 Å². The Bertz CT molecular complexity index is 920. The van der Waals surface area contributed by atoms with E-state index in [9.17, 15) is 0 Å². The number of aromatic nitrogens is 3. The summed E-state index contributed by atoms with van der Waals surface area (Å²) < 4.78 is 5.50. The molecule has 130 valence electrons. The van der Waals surface area contributed by atoms with Crippen molar-refractivity contribution in [3.63, 3.8) is 0 Å². The number of hydrogen-bond donors (Lipinski definition) is 1. The van der Waals surface area contributed by atoms with Gasteiger partial charge in [-0.2, -0.15) is 0 Å². The van der Waals surface area contributed by atoms with E-state index in [2.05, 4.69) is 9.97 Å². The van der Waals surface area contributed by atoms with Gasteiger partial charge in [-0.3, -0.25) is 0 Å². The van der Waals surface area contributed by atoms with Gasteiger partial charge in [-0.25, -0.2) is 15.0 Å². The van der Waals surface area contributed by atoms with Crippen molar-refractivity contribution in [3.8, 4) is 27.7 Å². The van der Waals surface area contributed by atoms with Crippen LogP contribution in [0.25, 0.3) is 22.0 Å². The molecule has 0 saturated heterocycles. The monoisotopic (exact) mass is 355 g/mol. The molecule has 2 heterocycles. The number of nitrogens with two attached hydrogens (primary N) is 1. The lowest BCUT2D eigenvalue weighted by molar-refractivity contribution is 0.415. The molecule has 1 aromatic carbocycles. The third kappa shape index (κ3) is 3.15. The first-order chi connectivity index (χ1) is 11.9. The summed E-state index contributed by atoms with van der Waals surface area (Å²) in [4.78, 5) is 16.7.